The number of carbonyl (C=O) groups is 1. The largest absolute Gasteiger partial charge is 0.341 e. The number of amides is 1. The van der Waals surface area contributed by atoms with Crippen molar-refractivity contribution in [3.8, 4) is 0 Å². The Bertz CT molecular complexity index is 936. The van der Waals surface area contributed by atoms with Gasteiger partial charge < -0.3 is 4.90 Å². The first-order valence-corrected chi connectivity index (χ1v) is 10.8. The molecular weight excluding hydrogens is 379 g/mol. The summed E-state index contributed by atoms with van der Waals surface area (Å²) in [5.41, 5.74) is 2.25. The van der Waals surface area contributed by atoms with Gasteiger partial charge in [-0.05, 0) is 55.2 Å². The molecule has 0 aromatic heterocycles. The second-order valence-corrected chi connectivity index (χ2v) is 9.19. The highest BCUT2D eigenvalue weighted by Crippen LogP contribution is 2.25. The van der Waals surface area contributed by atoms with Crippen LogP contribution in [0.1, 0.15) is 24.0 Å². The fourth-order valence-electron chi connectivity index (χ4n) is 3.53. The molecule has 0 atom stereocenters. The fourth-order valence-corrected chi connectivity index (χ4v) is 5.00. The molecule has 2 aromatic rings. The molecule has 1 fully saturated rings. The average molecular weight is 405 g/mol. The van der Waals surface area contributed by atoms with Crippen molar-refractivity contribution in [3.05, 3.63) is 65.5 Å². The molecular formula is C21H25FN2O3S. The highest BCUT2D eigenvalue weighted by atomic mass is 32.2. The molecule has 3 rings (SSSR count). The standard InChI is InChI=1S/C21H25FN2O3S/c1-16-5-3-4-6-18(16)15-23(2)21(25)17-11-13-24(14-12-17)28(26,27)20-9-7-19(22)8-10-20/h3-10,17H,11-15H2,1-2H3. The van der Waals surface area contributed by atoms with Crippen molar-refractivity contribution >= 4 is 15.9 Å². The Morgan fingerprint density at radius 2 is 1.71 bits per heavy atom. The highest BCUT2D eigenvalue weighted by Gasteiger charge is 2.33. The fraction of sp³-hybridized carbons (Fsp3) is 0.381. The van der Waals surface area contributed by atoms with Crippen LogP contribution in [0.4, 0.5) is 4.39 Å². The number of carbonyl (C=O) groups excluding carboxylic acids is 1. The number of benzene rings is 2. The molecule has 1 heterocycles. The van der Waals surface area contributed by atoms with E-state index in [1.54, 1.807) is 11.9 Å². The highest BCUT2D eigenvalue weighted by molar-refractivity contribution is 7.89. The summed E-state index contributed by atoms with van der Waals surface area (Å²) in [6.07, 6.45) is 0.967. The van der Waals surface area contributed by atoms with Gasteiger partial charge in [-0.25, -0.2) is 12.8 Å². The van der Waals surface area contributed by atoms with Gasteiger partial charge in [0, 0.05) is 32.6 Å². The minimum absolute atomic E-state index is 0.0436. The zero-order valence-corrected chi connectivity index (χ0v) is 17.0. The number of hydrogen-bond donors (Lipinski definition) is 0. The number of rotatable bonds is 5. The van der Waals surface area contributed by atoms with E-state index < -0.39 is 15.8 Å². The Balaban J connectivity index is 1.60. The van der Waals surface area contributed by atoms with Crippen LogP contribution in [0.2, 0.25) is 0 Å². The van der Waals surface area contributed by atoms with Gasteiger partial charge in [-0.15, -0.1) is 0 Å². The summed E-state index contributed by atoms with van der Waals surface area (Å²) < 4.78 is 39.8. The molecule has 1 amide bonds. The Labute approximate surface area is 165 Å². The Morgan fingerprint density at radius 3 is 2.32 bits per heavy atom. The SMILES string of the molecule is Cc1ccccc1CN(C)C(=O)C1CCN(S(=O)(=O)c2ccc(F)cc2)CC1. The summed E-state index contributed by atoms with van der Waals surface area (Å²) in [4.78, 5) is 14.6. The van der Waals surface area contributed by atoms with Crippen molar-refractivity contribution in [2.45, 2.75) is 31.2 Å². The molecule has 150 valence electrons. The van der Waals surface area contributed by atoms with E-state index in [0.717, 1.165) is 23.3 Å². The van der Waals surface area contributed by atoms with Crippen molar-refractivity contribution < 1.29 is 17.6 Å². The molecule has 1 aliphatic rings. The number of sulfonamides is 1. The van der Waals surface area contributed by atoms with E-state index in [2.05, 4.69) is 0 Å². The summed E-state index contributed by atoms with van der Waals surface area (Å²) in [7, 11) is -1.87. The van der Waals surface area contributed by atoms with E-state index in [4.69, 9.17) is 0 Å². The third-order valence-electron chi connectivity index (χ3n) is 5.30. The summed E-state index contributed by atoms with van der Waals surface area (Å²) >= 11 is 0. The molecule has 0 bridgehead atoms. The van der Waals surface area contributed by atoms with Crippen molar-refractivity contribution in [1.29, 1.82) is 0 Å². The minimum Gasteiger partial charge on any atom is -0.341 e. The molecule has 2 aromatic carbocycles. The average Bonchev–Trinajstić information content (AvgIpc) is 2.69. The van der Waals surface area contributed by atoms with Crippen LogP contribution in [0, 0.1) is 18.7 Å². The molecule has 1 aliphatic heterocycles. The predicted molar refractivity (Wildman–Crippen MR) is 106 cm³/mol. The Morgan fingerprint density at radius 1 is 1.11 bits per heavy atom. The Kier molecular flexibility index (Phi) is 6.15. The molecule has 7 heteroatoms. The molecule has 0 radical (unpaired) electrons. The molecule has 0 aliphatic carbocycles. The quantitative estimate of drug-likeness (QED) is 0.769. The van der Waals surface area contributed by atoms with Crippen LogP contribution < -0.4 is 0 Å². The third-order valence-corrected chi connectivity index (χ3v) is 7.21. The van der Waals surface area contributed by atoms with Gasteiger partial charge in [0.15, 0.2) is 0 Å². The van der Waals surface area contributed by atoms with Crippen LogP contribution in [0.15, 0.2) is 53.4 Å². The lowest BCUT2D eigenvalue weighted by Crippen LogP contribution is -2.43. The topological polar surface area (TPSA) is 57.7 Å². The molecule has 28 heavy (non-hydrogen) atoms. The van der Waals surface area contributed by atoms with Crippen molar-refractivity contribution in [3.63, 3.8) is 0 Å². The number of nitrogens with zero attached hydrogens (tertiary/aromatic N) is 2. The monoisotopic (exact) mass is 404 g/mol. The minimum atomic E-state index is -3.66. The second kappa shape index (κ2) is 8.41. The van der Waals surface area contributed by atoms with Crippen LogP contribution in [0.3, 0.4) is 0 Å². The first-order chi connectivity index (χ1) is 13.3. The number of piperidine rings is 1. The maximum atomic E-state index is 13.1. The maximum absolute atomic E-state index is 13.1. The lowest BCUT2D eigenvalue weighted by atomic mass is 9.96. The molecule has 1 saturated heterocycles. The van der Waals surface area contributed by atoms with Gasteiger partial charge in [0.25, 0.3) is 0 Å². The van der Waals surface area contributed by atoms with Crippen LogP contribution in [-0.2, 0) is 21.4 Å². The summed E-state index contributed by atoms with van der Waals surface area (Å²) in [5, 5.41) is 0. The summed E-state index contributed by atoms with van der Waals surface area (Å²) in [6.45, 7) is 3.13. The molecule has 0 unspecified atom stereocenters. The third kappa shape index (κ3) is 4.42. The van der Waals surface area contributed by atoms with E-state index >= 15 is 0 Å². The van der Waals surface area contributed by atoms with E-state index in [1.807, 2.05) is 31.2 Å². The van der Waals surface area contributed by atoms with Crippen molar-refractivity contribution in [2.75, 3.05) is 20.1 Å². The number of hydrogen-bond acceptors (Lipinski definition) is 3. The first kappa shape index (κ1) is 20.5. The smallest absolute Gasteiger partial charge is 0.243 e. The zero-order valence-electron chi connectivity index (χ0n) is 16.1. The van der Waals surface area contributed by atoms with Crippen LogP contribution in [0.5, 0.6) is 0 Å². The van der Waals surface area contributed by atoms with Gasteiger partial charge in [0.2, 0.25) is 15.9 Å². The van der Waals surface area contributed by atoms with Crippen LogP contribution in [0.25, 0.3) is 0 Å². The van der Waals surface area contributed by atoms with Gasteiger partial charge in [-0.1, -0.05) is 24.3 Å². The van der Waals surface area contributed by atoms with Crippen LogP contribution >= 0.6 is 0 Å². The maximum Gasteiger partial charge on any atom is 0.243 e. The lowest BCUT2D eigenvalue weighted by Gasteiger charge is -2.32. The molecule has 5 nitrogen and oxygen atoms in total. The van der Waals surface area contributed by atoms with Crippen molar-refractivity contribution in [2.24, 2.45) is 5.92 Å². The van der Waals surface area contributed by atoms with Gasteiger partial charge in [-0.3, -0.25) is 4.79 Å². The number of halogens is 1. The summed E-state index contributed by atoms with van der Waals surface area (Å²) in [6, 6.07) is 12.8. The normalized spacial score (nSPS) is 16.1. The zero-order chi connectivity index (χ0) is 20.3. The van der Waals surface area contributed by atoms with Gasteiger partial charge in [0.1, 0.15) is 5.82 Å². The van der Waals surface area contributed by atoms with Gasteiger partial charge in [0.05, 0.1) is 4.90 Å². The molecule has 0 N–H and O–H groups in total. The molecule has 0 spiro atoms. The lowest BCUT2D eigenvalue weighted by molar-refractivity contribution is -0.135. The molecule has 0 saturated carbocycles. The summed E-state index contributed by atoms with van der Waals surface area (Å²) in [5.74, 6) is -0.615. The van der Waals surface area contributed by atoms with E-state index in [0.29, 0.717) is 19.4 Å². The number of aryl methyl sites for hydroxylation is 1. The Hall–Kier alpha value is -2.25. The van der Waals surface area contributed by atoms with Crippen LogP contribution in [-0.4, -0.2) is 43.7 Å². The van der Waals surface area contributed by atoms with E-state index in [-0.39, 0.29) is 29.8 Å². The van der Waals surface area contributed by atoms with Gasteiger partial charge in [-0.2, -0.15) is 4.31 Å². The van der Waals surface area contributed by atoms with Gasteiger partial charge >= 0.3 is 0 Å². The van der Waals surface area contributed by atoms with Crippen molar-refractivity contribution in [1.82, 2.24) is 9.21 Å². The van der Waals surface area contributed by atoms with E-state index in [1.165, 1.54) is 16.4 Å². The predicted octanol–water partition coefficient (Wildman–Crippen LogP) is 3.19. The van der Waals surface area contributed by atoms with E-state index in [9.17, 15) is 17.6 Å². The second-order valence-electron chi connectivity index (χ2n) is 7.25. The first-order valence-electron chi connectivity index (χ1n) is 9.34.